The lowest BCUT2D eigenvalue weighted by Gasteiger charge is -2.27. The van der Waals surface area contributed by atoms with Gasteiger partial charge in [-0.3, -0.25) is 14.9 Å². The Bertz CT molecular complexity index is 1110. The van der Waals surface area contributed by atoms with Crippen LogP contribution in [0.1, 0.15) is 41.7 Å². The second-order valence-corrected chi connectivity index (χ2v) is 9.71. The average molecular weight is 476 g/mol. The molecule has 0 saturated carbocycles. The number of aryl methyl sites for hydroxylation is 2. The number of fused-ring (bicyclic) bond motifs is 1. The Kier molecular flexibility index (Phi) is 9.02. The summed E-state index contributed by atoms with van der Waals surface area (Å²) in [5.41, 5.74) is 6.03. The van der Waals surface area contributed by atoms with Gasteiger partial charge in [-0.05, 0) is 55.5 Å². The number of likely N-dealkylation sites (N-methyl/N-ethyl adjacent to an activating group) is 1. The molecule has 0 fully saturated rings. The fourth-order valence-corrected chi connectivity index (χ4v) is 4.51. The second-order valence-electron chi connectivity index (χ2n) is 9.71. The van der Waals surface area contributed by atoms with Gasteiger partial charge in [0.2, 0.25) is 11.8 Å². The van der Waals surface area contributed by atoms with E-state index in [4.69, 9.17) is 0 Å². The normalized spacial score (nSPS) is 14.5. The Hall–Kier alpha value is -3.21. The van der Waals surface area contributed by atoms with Crippen molar-refractivity contribution in [1.82, 2.24) is 15.5 Å². The molecule has 1 atom stereocenters. The molecular weight excluding hydrogens is 438 g/mol. The minimum absolute atomic E-state index is 0.0250. The number of nitrogens with one attached hydrogen (secondary N) is 2. The SMILES string of the molecule is Cc1ccc2c(c1)CC(N(C)C(=O)CNCC(=O)N(CCNC(C)C)c1cc(C#N)ccc1C)C2. The van der Waals surface area contributed by atoms with Crippen molar-refractivity contribution in [3.8, 4) is 6.07 Å². The van der Waals surface area contributed by atoms with E-state index < -0.39 is 0 Å². The summed E-state index contributed by atoms with van der Waals surface area (Å²) in [7, 11) is 1.84. The van der Waals surface area contributed by atoms with E-state index in [1.54, 1.807) is 21.9 Å². The van der Waals surface area contributed by atoms with Crippen molar-refractivity contribution in [3.63, 3.8) is 0 Å². The van der Waals surface area contributed by atoms with Crippen molar-refractivity contribution in [2.24, 2.45) is 0 Å². The lowest BCUT2D eigenvalue weighted by molar-refractivity contribution is -0.130. The highest BCUT2D eigenvalue weighted by molar-refractivity contribution is 5.96. The zero-order valence-electron chi connectivity index (χ0n) is 21.5. The van der Waals surface area contributed by atoms with E-state index in [2.05, 4.69) is 55.7 Å². The lowest BCUT2D eigenvalue weighted by atomic mass is 10.1. The first-order valence-electron chi connectivity index (χ1n) is 12.3. The van der Waals surface area contributed by atoms with Gasteiger partial charge in [-0.2, -0.15) is 5.26 Å². The van der Waals surface area contributed by atoms with Gasteiger partial charge in [0.1, 0.15) is 0 Å². The molecule has 0 bridgehead atoms. The van der Waals surface area contributed by atoms with Crippen LogP contribution in [-0.4, -0.2) is 62.0 Å². The molecule has 2 amide bonds. The maximum atomic E-state index is 13.2. The van der Waals surface area contributed by atoms with Crippen LogP contribution in [0.3, 0.4) is 0 Å². The third kappa shape index (κ3) is 6.91. The third-order valence-corrected chi connectivity index (χ3v) is 6.58. The third-order valence-electron chi connectivity index (χ3n) is 6.58. The van der Waals surface area contributed by atoms with Crippen molar-refractivity contribution in [1.29, 1.82) is 5.26 Å². The van der Waals surface area contributed by atoms with Gasteiger partial charge in [-0.25, -0.2) is 0 Å². The van der Waals surface area contributed by atoms with E-state index in [-0.39, 0.29) is 30.9 Å². The summed E-state index contributed by atoms with van der Waals surface area (Å²) in [5, 5.41) is 15.7. The van der Waals surface area contributed by atoms with Crippen LogP contribution in [0.25, 0.3) is 0 Å². The summed E-state index contributed by atoms with van der Waals surface area (Å²) in [4.78, 5) is 29.5. The molecule has 7 heteroatoms. The number of benzene rings is 2. The fourth-order valence-electron chi connectivity index (χ4n) is 4.51. The number of amides is 2. The molecular formula is C28H37N5O2. The van der Waals surface area contributed by atoms with Gasteiger partial charge in [0.25, 0.3) is 0 Å². The second kappa shape index (κ2) is 12.0. The van der Waals surface area contributed by atoms with E-state index in [9.17, 15) is 14.9 Å². The van der Waals surface area contributed by atoms with Crippen LogP contribution >= 0.6 is 0 Å². The van der Waals surface area contributed by atoms with Crippen LogP contribution in [-0.2, 0) is 22.4 Å². The Morgan fingerprint density at radius 1 is 1.06 bits per heavy atom. The molecule has 3 rings (SSSR count). The van der Waals surface area contributed by atoms with E-state index in [0.29, 0.717) is 24.7 Å². The van der Waals surface area contributed by atoms with Crippen molar-refractivity contribution in [2.75, 3.05) is 38.1 Å². The number of hydrogen-bond acceptors (Lipinski definition) is 5. The molecule has 1 aliphatic carbocycles. The predicted octanol–water partition coefficient (Wildman–Crippen LogP) is 2.72. The van der Waals surface area contributed by atoms with Crippen molar-refractivity contribution >= 4 is 17.5 Å². The van der Waals surface area contributed by atoms with Gasteiger partial charge in [-0.1, -0.05) is 43.7 Å². The van der Waals surface area contributed by atoms with Crippen molar-refractivity contribution in [2.45, 2.75) is 52.6 Å². The quantitative estimate of drug-likeness (QED) is 0.552. The highest BCUT2D eigenvalue weighted by Crippen LogP contribution is 2.26. The first-order valence-corrected chi connectivity index (χ1v) is 12.3. The van der Waals surface area contributed by atoms with Crippen molar-refractivity contribution < 1.29 is 9.59 Å². The van der Waals surface area contributed by atoms with Gasteiger partial charge in [0.05, 0.1) is 24.7 Å². The number of nitrogens with zero attached hydrogens (tertiary/aromatic N) is 3. The number of hydrogen-bond donors (Lipinski definition) is 2. The van der Waals surface area contributed by atoms with Gasteiger partial charge in [0, 0.05) is 37.9 Å². The van der Waals surface area contributed by atoms with Crippen LogP contribution in [0.4, 0.5) is 5.69 Å². The molecule has 2 aromatic carbocycles. The van der Waals surface area contributed by atoms with E-state index in [1.165, 1.54) is 16.7 Å². The molecule has 0 spiro atoms. The van der Waals surface area contributed by atoms with Crippen LogP contribution in [0, 0.1) is 25.2 Å². The molecule has 35 heavy (non-hydrogen) atoms. The number of carbonyl (C=O) groups excluding carboxylic acids is 2. The Morgan fingerprint density at radius 2 is 1.77 bits per heavy atom. The summed E-state index contributed by atoms with van der Waals surface area (Å²) >= 11 is 0. The van der Waals surface area contributed by atoms with Gasteiger partial charge in [0.15, 0.2) is 0 Å². The average Bonchev–Trinajstić information content (AvgIpc) is 3.24. The zero-order chi connectivity index (χ0) is 25.5. The van der Waals surface area contributed by atoms with Crippen LogP contribution in [0.2, 0.25) is 0 Å². The molecule has 1 aliphatic rings. The summed E-state index contributed by atoms with van der Waals surface area (Å²) < 4.78 is 0. The molecule has 0 radical (unpaired) electrons. The number of nitriles is 1. The van der Waals surface area contributed by atoms with E-state index in [0.717, 1.165) is 24.1 Å². The first kappa shape index (κ1) is 26.4. The van der Waals surface area contributed by atoms with Gasteiger partial charge < -0.3 is 15.1 Å². The molecule has 0 saturated heterocycles. The Morgan fingerprint density at radius 3 is 2.49 bits per heavy atom. The number of carbonyl (C=O) groups is 2. The van der Waals surface area contributed by atoms with Crippen LogP contribution < -0.4 is 15.5 Å². The molecule has 0 heterocycles. The first-order chi connectivity index (χ1) is 16.7. The summed E-state index contributed by atoms with van der Waals surface area (Å²) in [6, 6.07) is 14.4. The van der Waals surface area contributed by atoms with Crippen molar-refractivity contribution in [3.05, 3.63) is 64.2 Å². The molecule has 7 nitrogen and oxygen atoms in total. The Balaban J connectivity index is 1.58. The van der Waals surface area contributed by atoms with Gasteiger partial charge in [-0.15, -0.1) is 0 Å². The maximum absolute atomic E-state index is 13.2. The highest BCUT2D eigenvalue weighted by Gasteiger charge is 2.27. The minimum atomic E-state index is -0.132. The smallest absolute Gasteiger partial charge is 0.241 e. The Labute approximate surface area is 209 Å². The lowest BCUT2D eigenvalue weighted by Crippen LogP contribution is -2.46. The summed E-state index contributed by atoms with van der Waals surface area (Å²) in [6.45, 7) is 9.38. The molecule has 186 valence electrons. The van der Waals surface area contributed by atoms with Crippen LogP contribution in [0.15, 0.2) is 36.4 Å². The topological polar surface area (TPSA) is 88.5 Å². The minimum Gasteiger partial charge on any atom is -0.341 e. The van der Waals surface area contributed by atoms with E-state index in [1.807, 2.05) is 20.0 Å². The standard InChI is InChI=1S/C28H37N5O2/c1-19(2)31-10-11-33(26-13-22(16-29)8-7-21(26)4)28(35)18-30-17-27(34)32(5)25-14-23-9-6-20(3)12-24(23)15-25/h6-9,12-13,19,25,30-31H,10-11,14-15,17-18H2,1-5H3. The predicted molar refractivity (Wildman–Crippen MR) is 139 cm³/mol. The zero-order valence-corrected chi connectivity index (χ0v) is 21.5. The monoisotopic (exact) mass is 475 g/mol. The molecule has 0 aromatic heterocycles. The molecule has 2 aromatic rings. The molecule has 1 unspecified atom stereocenters. The number of anilines is 1. The van der Waals surface area contributed by atoms with E-state index >= 15 is 0 Å². The van der Waals surface area contributed by atoms with Gasteiger partial charge >= 0.3 is 0 Å². The molecule has 2 N–H and O–H groups in total. The highest BCUT2D eigenvalue weighted by atomic mass is 16.2. The number of rotatable bonds is 10. The largest absolute Gasteiger partial charge is 0.341 e. The maximum Gasteiger partial charge on any atom is 0.241 e. The van der Waals surface area contributed by atoms with Crippen LogP contribution in [0.5, 0.6) is 0 Å². The summed E-state index contributed by atoms with van der Waals surface area (Å²) in [6.07, 6.45) is 1.73. The summed E-state index contributed by atoms with van der Waals surface area (Å²) in [5.74, 6) is -0.157. The fraction of sp³-hybridized carbons (Fsp3) is 0.464. The molecule has 0 aliphatic heterocycles.